The highest BCUT2D eigenvalue weighted by atomic mass is 16.5. The third kappa shape index (κ3) is 5.72. The van der Waals surface area contributed by atoms with E-state index < -0.39 is 0 Å². The summed E-state index contributed by atoms with van der Waals surface area (Å²) in [5, 5.41) is 3.10. The highest BCUT2D eigenvalue weighted by Gasteiger charge is 2.09. The Kier molecular flexibility index (Phi) is 6.92. The summed E-state index contributed by atoms with van der Waals surface area (Å²) in [6.07, 6.45) is 3.27. The predicted molar refractivity (Wildman–Crippen MR) is 74.7 cm³/mol. The van der Waals surface area contributed by atoms with Gasteiger partial charge in [0.05, 0.1) is 13.7 Å². The van der Waals surface area contributed by atoms with Crippen LogP contribution in [-0.2, 0) is 0 Å². The van der Waals surface area contributed by atoms with E-state index in [1.54, 1.807) is 0 Å². The van der Waals surface area contributed by atoms with Crippen LogP contribution >= 0.6 is 0 Å². The van der Waals surface area contributed by atoms with Crippen molar-refractivity contribution in [2.45, 2.75) is 40.0 Å². The highest BCUT2D eigenvalue weighted by Crippen LogP contribution is 2.14. The zero-order valence-corrected chi connectivity index (χ0v) is 12.3. The van der Waals surface area contributed by atoms with Gasteiger partial charge in [0.2, 0.25) is 5.95 Å². The molecular weight excluding hydrogens is 244 g/mol. The van der Waals surface area contributed by atoms with E-state index in [1.807, 2.05) is 0 Å². The zero-order valence-electron chi connectivity index (χ0n) is 12.3. The fourth-order valence-electron chi connectivity index (χ4n) is 1.60. The number of anilines is 1. The van der Waals surface area contributed by atoms with Crippen molar-refractivity contribution in [3.05, 3.63) is 0 Å². The van der Waals surface area contributed by atoms with E-state index in [9.17, 15) is 0 Å². The van der Waals surface area contributed by atoms with Gasteiger partial charge in [0.15, 0.2) is 0 Å². The quantitative estimate of drug-likeness (QED) is 0.742. The van der Waals surface area contributed by atoms with Crippen molar-refractivity contribution in [3.8, 4) is 12.0 Å². The molecule has 1 N–H and O–H groups in total. The minimum Gasteiger partial charge on any atom is -0.467 e. The molecule has 0 aromatic carbocycles. The molecule has 1 unspecified atom stereocenters. The van der Waals surface area contributed by atoms with E-state index in [4.69, 9.17) is 9.47 Å². The molecule has 0 radical (unpaired) electrons. The summed E-state index contributed by atoms with van der Waals surface area (Å²) in [5.41, 5.74) is 0. The highest BCUT2D eigenvalue weighted by molar-refractivity contribution is 5.27. The Bertz CT molecular complexity index is 374. The second kappa shape index (κ2) is 8.50. The Balaban J connectivity index is 2.65. The van der Waals surface area contributed by atoms with Gasteiger partial charge in [-0.25, -0.2) is 0 Å². The Morgan fingerprint density at radius 3 is 2.47 bits per heavy atom. The molecule has 0 saturated heterocycles. The minimum atomic E-state index is 0.270. The number of aromatic nitrogens is 3. The smallest absolute Gasteiger partial charge is 0.324 e. The van der Waals surface area contributed by atoms with E-state index in [1.165, 1.54) is 7.11 Å². The molecular formula is C13H24N4O2. The largest absolute Gasteiger partial charge is 0.467 e. The van der Waals surface area contributed by atoms with Crippen molar-refractivity contribution in [2.75, 3.05) is 25.6 Å². The molecule has 108 valence electrons. The molecule has 0 fully saturated rings. The molecule has 0 aliphatic heterocycles. The average Bonchev–Trinajstić information content (AvgIpc) is 2.43. The maximum atomic E-state index is 5.60. The Hall–Kier alpha value is -1.59. The van der Waals surface area contributed by atoms with E-state index >= 15 is 0 Å². The monoisotopic (exact) mass is 268 g/mol. The van der Waals surface area contributed by atoms with Gasteiger partial charge in [-0.05, 0) is 18.8 Å². The van der Waals surface area contributed by atoms with Gasteiger partial charge in [-0.2, -0.15) is 9.97 Å². The van der Waals surface area contributed by atoms with Gasteiger partial charge < -0.3 is 14.8 Å². The van der Waals surface area contributed by atoms with Gasteiger partial charge in [-0.3, -0.25) is 0 Å². The summed E-state index contributed by atoms with van der Waals surface area (Å²) in [5.74, 6) is 0.978. The zero-order chi connectivity index (χ0) is 14.1. The van der Waals surface area contributed by atoms with E-state index in [-0.39, 0.29) is 6.01 Å². The number of hydrogen-bond acceptors (Lipinski definition) is 6. The standard InChI is InChI=1S/C13H24N4O2/c1-5-7-10(3)9-19-13-16-11(14-8-6-2)15-12(17-13)18-4/h10H,5-9H2,1-4H3,(H,14,15,16,17). The molecule has 1 atom stereocenters. The summed E-state index contributed by atoms with van der Waals surface area (Å²) in [7, 11) is 1.53. The first kappa shape index (κ1) is 15.5. The topological polar surface area (TPSA) is 69.2 Å². The fraction of sp³-hybridized carbons (Fsp3) is 0.769. The van der Waals surface area contributed by atoms with Crippen LogP contribution in [0.15, 0.2) is 0 Å². The Labute approximate surface area is 115 Å². The van der Waals surface area contributed by atoms with Gasteiger partial charge in [-0.15, -0.1) is 4.98 Å². The molecule has 1 aromatic rings. The lowest BCUT2D eigenvalue weighted by Gasteiger charge is -2.12. The van der Waals surface area contributed by atoms with Crippen LogP contribution in [-0.4, -0.2) is 35.2 Å². The Morgan fingerprint density at radius 1 is 1.11 bits per heavy atom. The van der Waals surface area contributed by atoms with Crippen LogP contribution in [0.1, 0.15) is 40.0 Å². The third-order valence-corrected chi connectivity index (χ3v) is 2.59. The first-order valence-electron chi connectivity index (χ1n) is 6.86. The molecule has 0 aliphatic rings. The molecule has 19 heavy (non-hydrogen) atoms. The normalized spacial score (nSPS) is 12.0. The van der Waals surface area contributed by atoms with Crippen LogP contribution in [0.5, 0.6) is 12.0 Å². The molecule has 6 nitrogen and oxygen atoms in total. The molecule has 1 aromatic heterocycles. The fourth-order valence-corrected chi connectivity index (χ4v) is 1.60. The van der Waals surface area contributed by atoms with Crippen molar-refractivity contribution in [2.24, 2.45) is 5.92 Å². The lowest BCUT2D eigenvalue weighted by Crippen LogP contribution is -2.12. The maximum absolute atomic E-state index is 5.60. The van der Waals surface area contributed by atoms with Gasteiger partial charge in [0, 0.05) is 6.54 Å². The molecule has 1 heterocycles. The van der Waals surface area contributed by atoms with Gasteiger partial charge in [0.25, 0.3) is 0 Å². The van der Waals surface area contributed by atoms with Crippen LogP contribution in [0.25, 0.3) is 0 Å². The first-order chi connectivity index (χ1) is 9.19. The lowest BCUT2D eigenvalue weighted by molar-refractivity contribution is 0.229. The molecule has 0 bridgehead atoms. The van der Waals surface area contributed by atoms with Gasteiger partial charge in [-0.1, -0.05) is 27.2 Å². The average molecular weight is 268 g/mol. The van der Waals surface area contributed by atoms with E-state index in [0.29, 0.717) is 24.5 Å². The SMILES string of the molecule is CCCNc1nc(OC)nc(OCC(C)CCC)n1. The van der Waals surface area contributed by atoms with Crippen molar-refractivity contribution in [1.82, 2.24) is 15.0 Å². The second-order valence-electron chi connectivity index (χ2n) is 4.56. The number of nitrogens with zero attached hydrogens (tertiary/aromatic N) is 3. The number of hydrogen-bond donors (Lipinski definition) is 1. The molecule has 1 rings (SSSR count). The molecule has 0 amide bonds. The van der Waals surface area contributed by atoms with Crippen molar-refractivity contribution in [3.63, 3.8) is 0 Å². The Morgan fingerprint density at radius 2 is 1.84 bits per heavy atom. The summed E-state index contributed by atoms with van der Waals surface area (Å²) >= 11 is 0. The minimum absolute atomic E-state index is 0.270. The van der Waals surface area contributed by atoms with Crippen molar-refractivity contribution >= 4 is 5.95 Å². The summed E-state index contributed by atoms with van der Waals surface area (Å²) < 4.78 is 10.6. The van der Waals surface area contributed by atoms with Crippen LogP contribution in [0.3, 0.4) is 0 Å². The maximum Gasteiger partial charge on any atom is 0.324 e. The third-order valence-electron chi connectivity index (χ3n) is 2.59. The number of ether oxygens (including phenoxy) is 2. The van der Waals surface area contributed by atoms with Crippen LogP contribution in [0.4, 0.5) is 5.95 Å². The predicted octanol–water partition coefficient (Wildman–Crippen LogP) is 2.52. The second-order valence-corrected chi connectivity index (χ2v) is 4.56. The molecule has 6 heteroatoms. The van der Waals surface area contributed by atoms with Crippen LogP contribution < -0.4 is 14.8 Å². The summed E-state index contributed by atoms with van der Waals surface area (Å²) in [4.78, 5) is 12.4. The number of rotatable bonds is 9. The van der Waals surface area contributed by atoms with Crippen LogP contribution in [0, 0.1) is 5.92 Å². The summed E-state index contributed by atoms with van der Waals surface area (Å²) in [6, 6.07) is 0.583. The molecule has 0 spiro atoms. The van der Waals surface area contributed by atoms with Gasteiger partial charge >= 0.3 is 12.0 Å². The van der Waals surface area contributed by atoms with Gasteiger partial charge in [0.1, 0.15) is 0 Å². The van der Waals surface area contributed by atoms with E-state index in [2.05, 4.69) is 41.0 Å². The molecule has 0 saturated carbocycles. The first-order valence-corrected chi connectivity index (χ1v) is 6.86. The number of methoxy groups -OCH3 is 1. The number of nitrogens with one attached hydrogen (secondary N) is 1. The lowest BCUT2D eigenvalue weighted by atomic mass is 10.1. The van der Waals surface area contributed by atoms with E-state index in [0.717, 1.165) is 25.8 Å². The molecule has 0 aliphatic carbocycles. The van der Waals surface area contributed by atoms with Crippen molar-refractivity contribution < 1.29 is 9.47 Å². The summed E-state index contributed by atoms with van der Waals surface area (Å²) in [6.45, 7) is 7.80. The van der Waals surface area contributed by atoms with Crippen molar-refractivity contribution in [1.29, 1.82) is 0 Å². The van der Waals surface area contributed by atoms with Crippen LogP contribution in [0.2, 0.25) is 0 Å².